The van der Waals surface area contributed by atoms with Crippen LogP contribution >= 0.6 is 0 Å². The van der Waals surface area contributed by atoms with Crippen molar-refractivity contribution in [2.75, 3.05) is 7.05 Å². The van der Waals surface area contributed by atoms with Crippen LogP contribution in [0.25, 0.3) is 10.9 Å². The first-order valence-electron chi connectivity index (χ1n) is 9.12. The number of carbonyl (C=O) groups excluding carboxylic acids is 1. The van der Waals surface area contributed by atoms with Crippen molar-refractivity contribution in [2.45, 2.75) is 46.1 Å². The quantitative estimate of drug-likeness (QED) is 0.717. The van der Waals surface area contributed by atoms with Crippen LogP contribution in [0.1, 0.15) is 51.5 Å². The van der Waals surface area contributed by atoms with Crippen molar-refractivity contribution in [1.82, 2.24) is 15.0 Å². The molecule has 134 valence electrons. The molecule has 26 heavy (non-hydrogen) atoms. The molecular weight excluding hydrogens is 326 g/mol. The van der Waals surface area contributed by atoms with Gasteiger partial charge in [-0.3, -0.25) is 9.78 Å². The Morgan fingerprint density at radius 1 is 1.19 bits per heavy atom. The Kier molecular flexibility index (Phi) is 4.23. The number of benzene rings is 1. The number of nitrogens with zero attached hydrogens (tertiary/aromatic N) is 3. The molecule has 1 aliphatic carbocycles. The fraction of sp³-hybridized carbons (Fsp3) is 0.381. The molecule has 0 unspecified atom stereocenters. The van der Waals surface area contributed by atoms with Gasteiger partial charge in [0.2, 0.25) is 0 Å². The Hall–Kier alpha value is -2.69. The highest BCUT2D eigenvalue weighted by atomic mass is 16.5. The van der Waals surface area contributed by atoms with Crippen LogP contribution in [-0.4, -0.2) is 28.0 Å². The first-order valence-corrected chi connectivity index (χ1v) is 9.12. The van der Waals surface area contributed by atoms with Gasteiger partial charge in [0, 0.05) is 30.1 Å². The van der Waals surface area contributed by atoms with Gasteiger partial charge in [-0.05, 0) is 51.3 Å². The molecule has 0 fully saturated rings. The highest BCUT2D eigenvalue weighted by Gasteiger charge is 2.23. The molecule has 0 atom stereocenters. The largest absolute Gasteiger partial charge is 0.361 e. The first-order chi connectivity index (χ1) is 12.5. The minimum atomic E-state index is -0.0151. The van der Waals surface area contributed by atoms with Gasteiger partial charge in [-0.2, -0.15) is 0 Å². The van der Waals surface area contributed by atoms with Gasteiger partial charge in [0.25, 0.3) is 5.91 Å². The van der Waals surface area contributed by atoms with Gasteiger partial charge in [0.05, 0.1) is 17.6 Å². The molecule has 2 heterocycles. The monoisotopic (exact) mass is 349 g/mol. The van der Waals surface area contributed by atoms with E-state index < -0.39 is 0 Å². The second-order valence-electron chi connectivity index (χ2n) is 7.23. The van der Waals surface area contributed by atoms with Gasteiger partial charge < -0.3 is 9.42 Å². The molecule has 1 amide bonds. The topological polar surface area (TPSA) is 59.2 Å². The molecule has 4 rings (SSSR count). The molecule has 0 aliphatic heterocycles. The lowest BCUT2D eigenvalue weighted by atomic mass is 9.96. The van der Waals surface area contributed by atoms with Crippen LogP contribution in [0.3, 0.4) is 0 Å². The van der Waals surface area contributed by atoms with Crippen molar-refractivity contribution >= 4 is 16.8 Å². The van der Waals surface area contributed by atoms with Gasteiger partial charge in [-0.25, -0.2) is 0 Å². The molecule has 0 saturated carbocycles. The summed E-state index contributed by atoms with van der Waals surface area (Å²) in [5.74, 6) is 0.978. The maximum absolute atomic E-state index is 13.2. The normalized spacial score (nSPS) is 13.7. The second-order valence-corrected chi connectivity index (χ2v) is 7.23. The predicted octanol–water partition coefficient (Wildman–Crippen LogP) is 3.99. The van der Waals surface area contributed by atoms with Gasteiger partial charge >= 0.3 is 0 Å². The zero-order chi connectivity index (χ0) is 18.3. The summed E-state index contributed by atoms with van der Waals surface area (Å²) in [6, 6.07) is 7.90. The number of hydrogen-bond acceptors (Lipinski definition) is 4. The summed E-state index contributed by atoms with van der Waals surface area (Å²) in [6.45, 7) is 4.41. The Morgan fingerprint density at radius 3 is 2.85 bits per heavy atom. The zero-order valence-corrected chi connectivity index (χ0v) is 15.5. The number of fused-ring (bicyclic) bond motifs is 2. The third-order valence-corrected chi connectivity index (χ3v) is 5.09. The summed E-state index contributed by atoms with van der Waals surface area (Å²) in [7, 11) is 1.82. The van der Waals surface area contributed by atoms with Crippen molar-refractivity contribution < 1.29 is 9.32 Å². The lowest BCUT2D eigenvalue weighted by Gasteiger charge is -2.19. The number of amides is 1. The van der Waals surface area contributed by atoms with Gasteiger partial charge in [0.1, 0.15) is 11.5 Å². The lowest BCUT2D eigenvalue weighted by Crippen LogP contribution is -2.27. The highest BCUT2D eigenvalue weighted by Crippen LogP contribution is 2.26. The lowest BCUT2D eigenvalue weighted by molar-refractivity contribution is 0.0783. The van der Waals surface area contributed by atoms with E-state index in [2.05, 4.69) is 10.1 Å². The van der Waals surface area contributed by atoms with Gasteiger partial charge in [-0.15, -0.1) is 0 Å². The van der Waals surface area contributed by atoms with Crippen LogP contribution in [0.2, 0.25) is 0 Å². The van der Waals surface area contributed by atoms with Crippen LogP contribution in [0, 0.1) is 13.8 Å². The van der Waals surface area contributed by atoms with Crippen LogP contribution in [-0.2, 0) is 19.4 Å². The third-order valence-electron chi connectivity index (χ3n) is 5.09. The number of pyridine rings is 1. The maximum Gasteiger partial charge on any atom is 0.254 e. The predicted molar refractivity (Wildman–Crippen MR) is 100 cm³/mol. The summed E-state index contributed by atoms with van der Waals surface area (Å²) in [5.41, 5.74) is 5.59. The van der Waals surface area contributed by atoms with E-state index in [4.69, 9.17) is 4.52 Å². The molecule has 0 bridgehead atoms. The van der Waals surface area contributed by atoms with Crippen molar-refractivity contribution in [3.8, 4) is 0 Å². The second kappa shape index (κ2) is 6.56. The number of hydrogen-bond donors (Lipinski definition) is 0. The number of aromatic nitrogens is 2. The van der Waals surface area contributed by atoms with Crippen LogP contribution in [0.4, 0.5) is 0 Å². The molecule has 1 aliphatic rings. The Balaban J connectivity index is 1.66. The summed E-state index contributed by atoms with van der Waals surface area (Å²) in [5, 5.41) is 5.12. The van der Waals surface area contributed by atoms with E-state index in [0.717, 1.165) is 59.3 Å². The van der Waals surface area contributed by atoms with E-state index in [1.165, 1.54) is 5.56 Å². The van der Waals surface area contributed by atoms with E-state index in [1.54, 1.807) is 4.90 Å². The molecular formula is C21H23N3O2. The minimum Gasteiger partial charge on any atom is -0.361 e. The summed E-state index contributed by atoms with van der Waals surface area (Å²) >= 11 is 0. The van der Waals surface area contributed by atoms with Crippen LogP contribution in [0.5, 0.6) is 0 Å². The van der Waals surface area contributed by atoms with E-state index in [1.807, 2.05) is 45.2 Å². The molecule has 0 saturated heterocycles. The smallest absolute Gasteiger partial charge is 0.254 e. The number of aryl methyl sites for hydroxylation is 3. The summed E-state index contributed by atoms with van der Waals surface area (Å²) in [4.78, 5) is 19.4. The first kappa shape index (κ1) is 16.8. The molecule has 0 spiro atoms. The molecule has 0 N–H and O–H groups in total. The summed E-state index contributed by atoms with van der Waals surface area (Å²) in [6.07, 6.45) is 4.25. The van der Waals surface area contributed by atoms with Crippen molar-refractivity contribution in [3.05, 3.63) is 58.1 Å². The van der Waals surface area contributed by atoms with E-state index in [9.17, 15) is 4.79 Å². The SMILES string of the molecule is Cc1ccc2nc(C)cc(C(=O)N(C)Cc3noc4c3CCCC4)c2c1. The van der Waals surface area contributed by atoms with Gasteiger partial charge in [-0.1, -0.05) is 16.8 Å². The Bertz CT molecular complexity index is 990. The van der Waals surface area contributed by atoms with E-state index in [-0.39, 0.29) is 5.91 Å². The summed E-state index contributed by atoms with van der Waals surface area (Å²) < 4.78 is 5.48. The molecule has 2 aromatic heterocycles. The molecule has 3 aromatic rings. The van der Waals surface area contributed by atoms with Crippen molar-refractivity contribution in [1.29, 1.82) is 0 Å². The van der Waals surface area contributed by atoms with Crippen molar-refractivity contribution in [2.24, 2.45) is 0 Å². The minimum absolute atomic E-state index is 0.0151. The van der Waals surface area contributed by atoms with Crippen LogP contribution < -0.4 is 0 Å². The molecule has 5 nitrogen and oxygen atoms in total. The maximum atomic E-state index is 13.2. The fourth-order valence-electron chi connectivity index (χ4n) is 3.72. The highest BCUT2D eigenvalue weighted by molar-refractivity contribution is 6.06. The average Bonchev–Trinajstić information content (AvgIpc) is 3.04. The Morgan fingerprint density at radius 2 is 2.00 bits per heavy atom. The van der Waals surface area contributed by atoms with E-state index >= 15 is 0 Å². The molecule has 5 heteroatoms. The van der Waals surface area contributed by atoms with E-state index in [0.29, 0.717) is 12.1 Å². The number of carbonyl (C=O) groups is 1. The Labute approximate surface area is 153 Å². The fourth-order valence-corrected chi connectivity index (χ4v) is 3.72. The third kappa shape index (κ3) is 2.98. The van der Waals surface area contributed by atoms with Crippen LogP contribution in [0.15, 0.2) is 28.8 Å². The molecule has 1 aromatic carbocycles. The van der Waals surface area contributed by atoms with Crippen molar-refractivity contribution in [3.63, 3.8) is 0 Å². The number of rotatable bonds is 3. The van der Waals surface area contributed by atoms with Gasteiger partial charge in [0.15, 0.2) is 0 Å². The zero-order valence-electron chi connectivity index (χ0n) is 15.5. The molecule has 0 radical (unpaired) electrons. The average molecular weight is 349 g/mol. The standard InChI is InChI=1S/C21H23N3O2/c1-13-8-9-18-16(10-13)17(11-14(2)22-18)21(25)24(3)12-19-15-6-4-5-7-20(15)26-23-19/h8-11H,4-7,12H2,1-3H3.